The molecule has 0 unspecified atom stereocenters. The van der Waals surface area contributed by atoms with Crippen LogP contribution in [0.1, 0.15) is 27.7 Å². The maximum Gasteiger partial charge on any atom is 0.160 e. The van der Waals surface area contributed by atoms with Crippen LogP contribution in [0, 0.1) is 11.8 Å². The molecule has 1 N–H and O–H groups in total. The molecule has 0 fully saturated rings. The van der Waals surface area contributed by atoms with Crippen molar-refractivity contribution in [1.82, 2.24) is 5.32 Å². The van der Waals surface area contributed by atoms with Crippen molar-refractivity contribution in [2.75, 3.05) is 59.4 Å². The van der Waals surface area contributed by atoms with Crippen LogP contribution in [0.2, 0.25) is 0 Å². The van der Waals surface area contributed by atoms with Gasteiger partial charge in [-0.25, -0.2) is 0 Å². The Balaban J connectivity index is 3.15. The summed E-state index contributed by atoms with van der Waals surface area (Å²) in [5, 5.41) is 3.22. The van der Waals surface area contributed by atoms with Gasteiger partial charge in [0.1, 0.15) is 6.61 Å². The van der Waals surface area contributed by atoms with Gasteiger partial charge in [0.25, 0.3) is 0 Å². The monoisotopic (exact) mass is 345 g/mol. The van der Waals surface area contributed by atoms with Gasteiger partial charge in [-0.2, -0.15) is 0 Å². The molecule has 0 bridgehead atoms. The van der Waals surface area contributed by atoms with E-state index in [0.29, 0.717) is 52.2 Å². The average molecular weight is 345 g/mol. The van der Waals surface area contributed by atoms with Gasteiger partial charge in [-0.15, -0.1) is 0 Å². The highest BCUT2D eigenvalue weighted by atomic mass is 16.6. The molecule has 0 saturated heterocycles. The Morgan fingerprint density at radius 3 is 1.71 bits per heavy atom. The molecule has 6 heteroatoms. The van der Waals surface area contributed by atoms with E-state index in [9.17, 15) is 4.79 Å². The molecule has 0 amide bonds. The molecule has 6 nitrogen and oxygen atoms in total. The normalized spacial score (nSPS) is 11.2. The van der Waals surface area contributed by atoms with E-state index in [1.807, 2.05) is 13.8 Å². The summed E-state index contributed by atoms with van der Waals surface area (Å²) >= 11 is 0. The molecule has 142 valence electrons. The van der Waals surface area contributed by atoms with E-state index < -0.39 is 0 Å². The molecule has 0 saturated carbocycles. The molecule has 0 atom stereocenters. The first-order valence-electron chi connectivity index (χ1n) is 8.71. The first-order valence-corrected chi connectivity index (χ1v) is 8.71. The molecular weight excluding hydrogens is 310 g/mol. The van der Waals surface area contributed by atoms with Gasteiger partial charge >= 0.3 is 0 Å². The van der Waals surface area contributed by atoms with Crippen LogP contribution in [-0.4, -0.2) is 65.2 Å². The molecule has 0 radical (unpaired) electrons. The molecule has 0 aliphatic rings. The Bertz CT molecular complexity index is 299. The number of rotatable bonds is 17. The van der Waals surface area contributed by atoms with Crippen LogP contribution in [0.15, 0.2) is 12.3 Å². The standard InChI is InChI=1S/C18H35NO5/c1-15(2)17(5)19-6-7-21-8-9-22-10-11-23-12-13-24-14-18(20)16(3)4/h15-16,19H,5-14H2,1-4H3. The second-order valence-corrected chi connectivity index (χ2v) is 6.12. The van der Waals surface area contributed by atoms with Crippen molar-refractivity contribution in [2.45, 2.75) is 27.7 Å². The van der Waals surface area contributed by atoms with Gasteiger partial charge in [-0.05, 0) is 5.92 Å². The van der Waals surface area contributed by atoms with E-state index in [0.717, 1.165) is 12.2 Å². The van der Waals surface area contributed by atoms with E-state index in [-0.39, 0.29) is 18.3 Å². The second-order valence-electron chi connectivity index (χ2n) is 6.12. The minimum atomic E-state index is 0.0198. The molecule has 0 aromatic heterocycles. The second kappa shape index (κ2) is 15.6. The summed E-state index contributed by atoms with van der Waals surface area (Å²) in [6.45, 7) is 16.5. The van der Waals surface area contributed by atoms with Crippen LogP contribution in [0.4, 0.5) is 0 Å². The fourth-order valence-corrected chi connectivity index (χ4v) is 1.49. The fourth-order valence-electron chi connectivity index (χ4n) is 1.49. The first-order chi connectivity index (χ1) is 11.4. The predicted octanol–water partition coefficient (Wildman–Crippen LogP) is 2.04. The topological polar surface area (TPSA) is 66.0 Å². The van der Waals surface area contributed by atoms with Crippen LogP contribution in [0.3, 0.4) is 0 Å². The summed E-state index contributed by atoms with van der Waals surface area (Å²) in [6.07, 6.45) is 0. The zero-order chi connectivity index (χ0) is 18.2. The highest BCUT2D eigenvalue weighted by Crippen LogP contribution is 2.00. The summed E-state index contributed by atoms with van der Waals surface area (Å²) < 4.78 is 21.4. The number of Topliss-reactive ketones (excluding diaryl/α,β-unsaturated/α-hetero) is 1. The van der Waals surface area contributed by atoms with Crippen molar-refractivity contribution >= 4 is 5.78 Å². The van der Waals surface area contributed by atoms with Crippen LogP contribution < -0.4 is 5.32 Å². The van der Waals surface area contributed by atoms with Crippen molar-refractivity contribution in [2.24, 2.45) is 11.8 Å². The lowest BCUT2D eigenvalue weighted by atomic mass is 10.1. The lowest BCUT2D eigenvalue weighted by molar-refractivity contribution is -0.127. The van der Waals surface area contributed by atoms with Crippen LogP contribution in [-0.2, 0) is 23.7 Å². The maximum atomic E-state index is 11.3. The maximum absolute atomic E-state index is 11.3. The quantitative estimate of drug-likeness (QED) is 0.407. The van der Waals surface area contributed by atoms with Crippen LogP contribution in [0.25, 0.3) is 0 Å². The van der Waals surface area contributed by atoms with Gasteiger partial charge in [-0.3, -0.25) is 4.79 Å². The third kappa shape index (κ3) is 14.6. The van der Waals surface area contributed by atoms with E-state index in [4.69, 9.17) is 18.9 Å². The first kappa shape index (κ1) is 23.1. The van der Waals surface area contributed by atoms with Gasteiger partial charge in [0, 0.05) is 18.2 Å². The molecule has 0 aliphatic carbocycles. The lowest BCUT2D eigenvalue weighted by Gasteiger charge is -2.12. The van der Waals surface area contributed by atoms with Gasteiger partial charge in [0.05, 0.1) is 46.2 Å². The molecule has 24 heavy (non-hydrogen) atoms. The molecule has 0 aromatic rings. The van der Waals surface area contributed by atoms with E-state index in [2.05, 4.69) is 25.7 Å². The smallest absolute Gasteiger partial charge is 0.160 e. The largest absolute Gasteiger partial charge is 0.386 e. The van der Waals surface area contributed by atoms with Crippen molar-refractivity contribution in [3.63, 3.8) is 0 Å². The lowest BCUT2D eigenvalue weighted by Crippen LogP contribution is -2.22. The Morgan fingerprint density at radius 1 is 0.792 bits per heavy atom. The van der Waals surface area contributed by atoms with Gasteiger partial charge in [-0.1, -0.05) is 34.3 Å². The molecule has 0 aliphatic heterocycles. The highest BCUT2D eigenvalue weighted by Gasteiger charge is 2.06. The van der Waals surface area contributed by atoms with Gasteiger partial charge < -0.3 is 24.3 Å². The average Bonchev–Trinajstić information content (AvgIpc) is 2.54. The molecular formula is C18H35NO5. The number of hydrogen-bond acceptors (Lipinski definition) is 6. The summed E-state index contributed by atoms with van der Waals surface area (Å²) in [5.41, 5.74) is 1.03. The van der Waals surface area contributed by atoms with E-state index in [1.165, 1.54) is 0 Å². The minimum absolute atomic E-state index is 0.0198. The number of carbonyl (C=O) groups is 1. The summed E-state index contributed by atoms with van der Waals surface area (Å²) in [7, 11) is 0. The van der Waals surface area contributed by atoms with E-state index in [1.54, 1.807) is 0 Å². The zero-order valence-electron chi connectivity index (χ0n) is 15.8. The minimum Gasteiger partial charge on any atom is -0.386 e. The fraction of sp³-hybridized carbons (Fsp3) is 0.833. The predicted molar refractivity (Wildman–Crippen MR) is 95.1 cm³/mol. The van der Waals surface area contributed by atoms with Crippen molar-refractivity contribution in [3.05, 3.63) is 12.3 Å². The summed E-state index contributed by atoms with van der Waals surface area (Å²) in [4.78, 5) is 11.3. The van der Waals surface area contributed by atoms with Crippen molar-refractivity contribution in [1.29, 1.82) is 0 Å². The van der Waals surface area contributed by atoms with Crippen molar-refractivity contribution < 1.29 is 23.7 Å². The Kier molecular flexibility index (Phi) is 15.0. The van der Waals surface area contributed by atoms with Crippen LogP contribution >= 0.6 is 0 Å². The van der Waals surface area contributed by atoms with Crippen LogP contribution in [0.5, 0.6) is 0 Å². The zero-order valence-corrected chi connectivity index (χ0v) is 15.8. The van der Waals surface area contributed by atoms with Crippen molar-refractivity contribution in [3.8, 4) is 0 Å². The third-order valence-corrected chi connectivity index (χ3v) is 3.30. The van der Waals surface area contributed by atoms with E-state index >= 15 is 0 Å². The summed E-state index contributed by atoms with van der Waals surface area (Å²) in [5.74, 6) is 0.572. The Morgan fingerprint density at radius 2 is 1.25 bits per heavy atom. The molecule has 0 spiro atoms. The van der Waals surface area contributed by atoms with Gasteiger partial charge in [0.15, 0.2) is 5.78 Å². The Hall–Kier alpha value is -0.950. The summed E-state index contributed by atoms with van der Waals surface area (Å²) in [6, 6.07) is 0. The number of hydrogen-bond donors (Lipinski definition) is 1. The molecule has 0 heterocycles. The Labute approximate surface area is 146 Å². The molecule has 0 aromatic carbocycles. The third-order valence-electron chi connectivity index (χ3n) is 3.30. The SMILES string of the molecule is C=C(NCCOCCOCCOCCOCC(=O)C(C)C)C(C)C. The number of carbonyl (C=O) groups excluding carboxylic acids is 1. The van der Waals surface area contributed by atoms with Gasteiger partial charge in [0.2, 0.25) is 0 Å². The number of allylic oxidation sites excluding steroid dienone is 1. The highest BCUT2D eigenvalue weighted by molar-refractivity contribution is 5.81. The molecule has 0 rings (SSSR count). The number of ketones is 1. The number of nitrogens with one attached hydrogen (secondary N) is 1. The number of ether oxygens (including phenoxy) is 4.